The van der Waals surface area contributed by atoms with E-state index in [2.05, 4.69) is 10.3 Å². The van der Waals surface area contributed by atoms with E-state index in [1.165, 1.54) is 17.4 Å². The fourth-order valence-corrected chi connectivity index (χ4v) is 3.32. The van der Waals surface area contributed by atoms with Crippen LogP contribution in [-0.2, 0) is 11.2 Å². The molecule has 23 heavy (non-hydrogen) atoms. The second kappa shape index (κ2) is 6.45. The van der Waals surface area contributed by atoms with Crippen molar-refractivity contribution in [2.24, 2.45) is 0 Å². The van der Waals surface area contributed by atoms with E-state index in [1.807, 2.05) is 0 Å². The quantitative estimate of drug-likeness (QED) is 0.928. The Balaban J connectivity index is 1.64. The van der Waals surface area contributed by atoms with Crippen LogP contribution in [-0.4, -0.2) is 41.3 Å². The number of benzene rings is 1. The number of rotatable bonds is 4. The minimum atomic E-state index is -0.297. The third kappa shape index (κ3) is 3.56. The number of amides is 2. The smallest absolute Gasteiger partial charge is 0.271 e. The number of halogens is 1. The zero-order chi connectivity index (χ0) is 16.4. The first-order chi connectivity index (χ1) is 11.0. The van der Waals surface area contributed by atoms with Crippen molar-refractivity contribution in [3.8, 4) is 0 Å². The van der Waals surface area contributed by atoms with E-state index in [9.17, 15) is 14.0 Å². The van der Waals surface area contributed by atoms with Crippen molar-refractivity contribution >= 4 is 23.2 Å². The topological polar surface area (TPSA) is 62.3 Å². The summed E-state index contributed by atoms with van der Waals surface area (Å²) >= 11 is 1.32. The molecule has 0 bridgehead atoms. The summed E-state index contributed by atoms with van der Waals surface area (Å²) < 4.78 is 13.6. The molecular formula is C16H16FN3O2S. The number of likely N-dealkylation sites (tertiary alicyclic amines) is 1. The van der Waals surface area contributed by atoms with E-state index in [0.29, 0.717) is 35.7 Å². The van der Waals surface area contributed by atoms with Crippen LogP contribution in [0.1, 0.15) is 27.5 Å². The summed E-state index contributed by atoms with van der Waals surface area (Å²) in [5, 5.41) is 5.15. The molecule has 1 N–H and O–H groups in total. The summed E-state index contributed by atoms with van der Waals surface area (Å²) in [6.07, 6.45) is 0.670. The Labute approximate surface area is 137 Å². The van der Waals surface area contributed by atoms with Crippen molar-refractivity contribution in [3.63, 3.8) is 0 Å². The molecule has 0 spiro atoms. The van der Waals surface area contributed by atoms with Gasteiger partial charge in [0.05, 0.1) is 11.0 Å². The van der Waals surface area contributed by atoms with E-state index < -0.39 is 0 Å². The molecule has 1 aromatic carbocycles. The highest BCUT2D eigenvalue weighted by molar-refractivity contribution is 7.09. The third-order valence-corrected chi connectivity index (χ3v) is 4.61. The number of nitrogens with zero attached hydrogens (tertiary/aromatic N) is 2. The maximum absolute atomic E-state index is 13.6. The van der Waals surface area contributed by atoms with Crippen molar-refractivity contribution < 1.29 is 14.0 Å². The van der Waals surface area contributed by atoms with Gasteiger partial charge in [-0.1, -0.05) is 18.2 Å². The first-order valence-corrected chi connectivity index (χ1v) is 8.13. The van der Waals surface area contributed by atoms with Gasteiger partial charge in [-0.2, -0.15) is 0 Å². The predicted octanol–water partition coefficient (Wildman–Crippen LogP) is 1.83. The molecule has 7 heteroatoms. The van der Waals surface area contributed by atoms with Crippen LogP contribution in [0.4, 0.5) is 4.39 Å². The van der Waals surface area contributed by atoms with Crippen LogP contribution in [0.25, 0.3) is 0 Å². The van der Waals surface area contributed by atoms with Gasteiger partial charge in [-0.05, 0) is 11.6 Å². The molecule has 0 unspecified atom stereocenters. The number of thiazole rings is 1. The van der Waals surface area contributed by atoms with E-state index in [1.54, 1.807) is 35.5 Å². The molecular weight excluding hydrogens is 317 g/mol. The van der Waals surface area contributed by atoms with E-state index in [4.69, 9.17) is 0 Å². The zero-order valence-corrected chi connectivity index (χ0v) is 13.4. The molecule has 3 rings (SSSR count). The Morgan fingerprint density at radius 3 is 2.96 bits per heavy atom. The van der Waals surface area contributed by atoms with Crippen molar-refractivity contribution in [3.05, 3.63) is 51.7 Å². The molecule has 1 saturated heterocycles. The maximum atomic E-state index is 13.6. The number of likely N-dealkylation sites (N-methyl/N-ethyl adjacent to an activating group) is 1. The van der Waals surface area contributed by atoms with E-state index >= 15 is 0 Å². The summed E-state index contributed by atoms with van der Waals surface area (Å²) in [6, 6.07) is 6.34. The van der Waals surface area contributed by atoms with Gasteiger partial charge in [-0.25, -0.2) is 9.37 Å². The lowest BCUT2D eigenvalue weighted by atomic mass is 10.1. The molecule has 0 radical (unpaired) electrons. The maximum Gasteiger partial charge on any atom is 0.271 e. The summed E-state index contributed by atoms with van der Waals surface area (Å²) in [7, 11) is 1.71. The molecule has 0 saturated carbocycles. The molecule has 2 aromatic rings. The van der Waals surface area contributed by atoms with Gasteiger partial charge in [-0.15, -0.1) is 11.3 Å². The van der Waals surface area contributed by atoms with Crippen molar-refractivity contribution in [2.45, 2.75) is 18.9 Å². The summed E-state index contributed by atoms with van der Waals surface area (Å²) in [5.74, 6) is -0.552. The van der Waals surface area contributed by atoms with Crippen LogP contribution in [0.3, 0.4) is 0 Å². The first-order valence-electron chi connectivity index (χ1n) is 7.25. The molecule has 5 nitrogen and oxygen atoms in total. The standard InChI is InChI=1S/C16H16FN3O2S/c1-20-8-11(7-15(20)21)18-16(22)13-9-23-14(19-13)6-10-4-2-3-5-12(10)17/h2-5,9,11H,6-8H2,1H3,(H,18,22)/t11-/m0/s1. The number of hydrogen-bond donors (Lipinski definition) is 1. The lowest BCUT2D eigenvalue weighted by molar-refractivity contribution is -0.126. The largest absolute Gasteiger partial charge is 0.346 e. The Morgan fingerprint density at radius 2 is 2.26 bits per heavy atom. The third-order valence-electron chi connectivity index (χ3n) is 3.76. The average molecular weight is 333 g/mol. The molecule has 120 valence electrons. The minimum absolute atomic E-state index is 0.0221. The highest BCUT2D eigenvalue weighted by Gasteiger charge is 2.28. The van der Waals surface area contributed by atoms with Crippen molar-refractivity contribution in [1.82, 2.24) is 15.2 Å². The lowest BCUT2D eigenvalue weighted by Crippen LogP contribution is -2.36. The molecule has 2 heterocycles. The van der Waals surface area contributed by atoms with Gasteiger partial charge in [0.1, 0.15) is 11.5 Å². The van der Waals surface area contributed by atoms with E-state index in [0.717, 1.165) is 0 Å². The Hall–Kier alpha value is -2.28. The summed E-state index contributed by atoms with van der Waals surface area (Å²) in [4.78, 5) is 29.5. The Bertz CT molecular complexity index is 746. The van der Waals surface area contributed by atoms with Crippen LogP contribution >= 0.6 is 11.3 Å². The summed E-state index contributed by atoms with van der Waals surface area (Å²) in [5.41, 5.74) is 0.861. The monoisotopic (exact) mass is 333 g/mol. The van der Waals surface area contributed by atoms with Gasteiger partial charge in [0.25, 0.3) is 5.91 Å². The van der Waals surface area contributed by atoms with Gasteiger partial charge in [0, 0.05) is 31.8 Å². The van der Waals surface area contributed by atoms with Crippen LogP contribution in [0.5, 0.6) is 0 Å². The fourth-order valence-electron chi connectivity index (χ4n) is 2.52. The summed E-state index contributed by atoms with van der Waals surface area (Å²) in [6.45, 7) is 0.511. The Morgan fingerprint density at radius 1 is 1.48 bits per heavy atom. The minimum Gasteiger partial charge on any atom is -0.346 e. The average Bonchev–Trinajstić information content (AvgIpc) is 3.09. The van der Waals surface area contributed by atoms with Gasteiger partial charge < -0.3 is 10.2 Å². The van der Waals surface area contributed by atoms with Crippen LogP contribution < -0.4 is 5.32 Å². The number of hydrogen-bond acceptors (Lipinski definition) is 4. The fraction of sp³-hybridized carbons (Fsp3) is 0.312. The van der Waals surface area contributed by atoms with E-state index in [-0.39, 0.29) is 23.7 Å². The number of carbonyl (C=O) groups is 2. The molecule has 1 fully saturated rings. The molecule has 1 aliphatic rings. The van der Waals surface area contributed by atoms with Gasteiger partial charge in [0.2, 0.25) is 5.91 Å². The molecule has 2 amide bonds. The first kappa shape index (κ1) is 15.6. The molecule has 1 atom stereocenters. The molecule has 0 aliphatic carbocycles. The second-order valence-corrected chi connectivity index (χ2v) is 6.49. The molecule has 1 aliphatic heterocycles. The predicted molar refractivity (Wildman–Crippen MR) is 84.8 cm³/mol. The van der Waals surface area contributed by atoms with Crippen LogP contribution in [0, 0.1) is 5.82 Å². The van der Waals surface area contributed by atoms with Crippen LogP contribution in [0.2, 0.25) is 0 Å². The zero-order valence-electron chi connectivity index (χ0n) is 12.6. The van der Waals surface area contributed by atoms with Gasteiger partial charge >= 0.3 is 0 Å². The normalized spacial score (nSPS) is 17.6. The van der Waals surface area contributed by atoms with Crippen molar-refractivity contribution in [1.29, 1.82) is 0 Å². The number of carbonyl (C=O) groups excluding carboxylic acids is 2. The van der Waals surface area contributed by atoms with Crippen LogP contribution in [0.15, 0.2) is 29.6 Å². The van der Waals surface area contributed by atoms with Gasteiger partial charge in [-0.3, -0.25) is 9.59 Å². The highest BCUT2D eigenvalue weighted by Crippen LogP contribution is 2.17. The second-order valence-electron chi connectivity index (χ2n) is 5.54. The number of nitrogens with one attached hydrogen (secondary N) is 1. The van der Waals surface area contributed by atoms with Gasteiger partial charge in [0.15, 0.2) is 0 Å². The lowest BCUT2D eigenvalue weighted by Gasteiger charge is -2.11. The highest BCUT2D eigenvalue weighted by atomic mass is 32.1. The number of aromatic nitrogens is 1. The Kier molecular flexibility index (Phi) is 4.38. The molecule has 1 aromatic heterocycles. The van der Waals surface area contributed by atoms with Crippen molar-refractivity contribution in [2.75, 3.05) is 13.6 Å². The SMILES string of the molecule is CN1C[C@@H](NC(=O)c2csc(Cc3ccccc3F)n2)CC1=O.